The van der Waals surface area contributed by atoms with E-state index in [1.54, 1.807) is 17.4 Å². The fourth-order valence-electron chi connectivity index (χ4n) is 4.33. The number of nitrogens with two attached hydrogens (primary N) is 1. The van der Waals surface area contributed by atoms with E-state index < -0.39 is 5.91 Å². The molecule has 0 atom stereocenters. The SMILES string of the molecule is NC(=O)c1cc(OCCCN2CCN(c3cccc4sccc34)CC2)c2ccccc2n1. The number of pyridine rings is 1. The van der Waals surface area contributed by atoms with Gasteiger partial charge in [0.15, 0.2) is 0 Å². The Labute approximate surface area is 191 Å². The number of carbonyl (C=O) groups excluding carboxylic acids is 1. The summed E-state index contributed by atoms with van der Waals surface area (Å²) >= 11 is 1.80. The highest BCUT2D eigenvalue weighted by atomic mass is 32.1. The highest BCUT2D eigenvalue weighted by Crippen LogP contribution is 2.31. The van der Waals surface area contributed by atoms with E-state index in [1.165, 1.54) is 15.8 Å². The Kier molecular flexibility index (Phi) is 5.92. The molecule has 3 heterocycles. The average Bonchev–Trinajstić information content (AvgIpc) is 3.31. The first-order chi connectivity index (χ1) is 15.7. The van der Waals surface area contributed by atoms with Crippen LogP contribution in [0.5, 0.6) is 5.75 Å². The van der Waals surface area contributed by atoms with Gasteiger partial charge in [-0.3, -0.25) is 9.69 Å². The van der Waals surface area contributed by atoms with E-state index in [2.05, 4.69) is 44.4 Å². The Morgan fingerprint density at radius 2 is 1.88 bits per heavy atom. The molecule has 2 N–H and O–H groups in total. The van der Waals surface area contributed by atoms with E-state index in [1.807, 2.05) is 24.3 Å². The summed E-state index contributed by atoms with van der Waals surface area (Å²) in [5, 5.41) is 4.43. The highest BCUT2D eigenvalue weighted by Gasteiger charge is 2.18. The molecule has 1 saturated heterocycles. The summed E-state index contributed by atoms with van der Waals surface area (Å²) in [6, 6.07) is 18.1. The van der Waals surface area contributed by atoms with Gasteiger partial charge < -0.3 is 15.4 Å². The van der Waals surface area contributed by atoms with Crippen molar-refractivity contribution in [3.05, 3.63) is 65.7 Å². The molecular formula is C25H26N4O2S. The lowest BCUT2D eigenvalue weighted by atomic mass is 10.1. The van der Waals surface area contributed by atoms with Crippen LogP contribution in [0.4, 0.5) is 5.69 Å². The normalized spacial score (nSPS) is 14.8. The standard InChI is InChI=1S/C25H26N4O2S/c26-25(30)21-17-23(18-5-1-2-6-20(18)27-21)31-15-4-10-28-11-13-29(14-12-28)22-7-3-8-24-19(22)9-16-32-24/h1-3,5-9,16-17H,4,10-15H2,(H2,26,30). The summed E-state index contributed by atoms with van der Waals surface area (Å²) in [5.74, 6) is 0.120. The van der Waals surface area contributed by atoms with Gasteiger partial charge in [0, 0.05) is 59.9 Å². The molecule has 1 amide bonds. The Bertz CT molecular complexity index is 1250. The van der Waals surface area contributed by atoms with Gasteiger partial charge in [-0.15, -0.1) is 11.3 Å². The zero-order valence-corrected chi connectivity index (χ0v) is 18.7. The number of benzene rings is 2. The van der Waals surface area contributed by atoms with Gasteiger partial charge >= 0.3 is 0 Å². The number of carbonyl (C=O) groups is 1. The predicted molar refractivity (Wildman–Crippen MR) is 131 cm³/mol. The van der Waals surface area contributed by atoms with Crippen LogP contribution in [0, 0.1) is 0 Å². The van der Waals surface area contributed by atoms with Gasteiger partial charge in [-0.05, 0) is 42.1 Å². The van der Waals surface area contributed by atoms with Gasteiger partial charge in [0.05, 0.1) is 12.1 Å². The number of piperazine rings is 1. The molecule has 0 spiro atoms. The van der Waals surface area contributed by atoms with Crippen molar-refractivity contribution in [1.29, 1.82) is 0 Å². The highest BCUT2D eigenvalue weighted by molar-refractivity contribution is 7.17. The van der Waals surface area contributed by atoms with E-state index in [9.17, 15) is 4.79 Å². The van der Waals surface area contributed by atoms with Crippen LogP contribution >= 0.6 is 11.3 Å². The Hall–Kier alpha value is -3.16. The first-order valence-electron chi connectivity index (χ1n) is 10.9. The largest absolute Gasteiger partial charge is 0.493 e. The van der Waals surface area contributed by atoms with Gasteiger partial charge in [-0.1, -0.05) is 18.2 Å². The first-order valence-corrected chi connectivity index (χ1v) is 11.8. The van der Waals surface area contributed by atoms with Gasteiger partial charge in [-0.2, -0.15) is 0 Å². The van der Waals surface area contributed by atoms with Crippen molar-refractivity contribution in [3.63, 3.8) is 0 Å². The van der Waals surface area contributed by atoms with Crippen LogP contribution < -0.4 is 15.4 Å². The van der Waals surface area contributed by atoms with Crippen LogP contribution in [0.2, 0.25) is 0 Å². The third kappa shape index (κ3) is 4.26. The van der Waals surface area contributed by atoms with E-state index >= 15 is 0 Å². The molecule has 0 saturated carbocycles. The third-order valence-corrected chi connectivity index (χ3v) is 6.87. The number of aromatic nitrogens is 1. The Morgan fingerprint density at radius 1 is 1.03 bits per heavy atom. The second-order valence-electron chi connectivity index (χ2n) is 8.03. The molecule has 32 heavy (non-hydrogen) atoms. The lowest BCUT2D eigenvalue weighted by molar-refractivity contribution is 0.0995. The maximum atomic E-state index is 11.6. The predicted octanol–water partition coefficient (Wildman–Crippen LogP) is 4.14. The maximum absolute atomic E-state index is 11.6. The number of nitrogens with zero attached hydrogens (tertiary/aromatic N) is 3. The molecule has 0 unspecified atom stereocenters. The van der Waals surface area contributed by atoms with Crippen LogP contribution in [0.1, 0.15) is 16.9 Å². The van der Waals surface area contributed by atoms with E-state index in [0.717, 1.165) is 50.0 Å². The van der Waals surface area contributed by atoms with Crippen molar-refractivity contribution in [2.24, 2.45) is 5.73 Å². The van der Waals surface area contributed by atoms with Crippen molar-refractivity contribution in [2.45, 2.75) is 6.42 Å². The van der Waals surface area contributed by atoms with Crippen LogP contribution in [0.15, 0.2) is 60.0 Å². The molecule has 0 aliphatic carbocycles. The summed E-state index contributed by atoms with van der Waals surface area (Å²) in [5.41, 5.74) is 7.74. The van der Waals surface area contributed by atoms with Gasteiger partial charge in [0.25, 0.3) is 5.91 Å². The number of thiophene rings is 1. The number of primary amides is 1. The molecule has 0 radical (unpaired) electrons. The van der Waals surface area contributed by atoms with E-state index in [0.29, 0.717) is 12.4 Å². The number of hydrogen-bond acceptors (Lipinski definition) is 6. The van der Waals surface area contributed by atoms with Crippen molar-refractivity contribution >= 4 is 43.9 Å². The Balaban J connectivity index is 1.15. The molecule has 1 aliphatic heterocycles. The second-order valence-corrected chi connectivity index (χ2v) is 8.97. The summed E-state index contributed by atoms with van der Waals surface area (Å²) < 4.78 is 7.40. The summed E-state index contributed by atoms with van der Waals surface area (Å²) in [6.45, 7) is 5.73. The minimum Gasteiger partial charge on any atom is -0.493 e. The fourth-order valence-corrected chi connectivity index (χ4v) is 5.13. The summed E-state index contributed by atoms with van der Waals surface area (Å²) in [6.07, 6.45) is 0.919. The number of amides is 1. The Morgan fingerprint density at radius 3 is 2.72 bits per heavy atom. The summed E-state index contributed by atoms with van der Waals surface area (Å²) in [4.78, 5) is 20.9. The van der Waals surface area contributed by atoms with Gasteiger partial charge in [0.1, 0.15) is 11.4 Å². The van der Waals surface area contributed by atoms with Crippen molar-refractivity contribution in [2.75, 3.05) is 44.2 Å². The zero-order valence-electron chi connectivity index (χ0n) is 17.9. The molecule has 1 fully saturated rings. The zero-order chi connectivity index (χ0) is 21.9. The summed E-state index contributed by atoms with van der Waals surface area (Å²) in [7, 11) is 0. The lowest BCUT2D eigenvalue weighted by Gasteiger charge is -2.36. The number of para-hydroxylation sites is 1. The molecule has 6 nitrogen and oxygen atoms in total. The topological polar surface area (TPSA) is 71.7 Å². The number of anilines is 1. The smallest absolute Gasteiger partial charge is 0.267 e. The first kappa shape index (κ1) is 20.7. The minimum atomic E-state index is -0.545. The fraction of sp³-hybridized carbons (Fsp3) is 0.280. The average molecular weight is 447 g/mol. The number of ether oxygens (including phenoxy) is 1. The third-order valence-electron chi connectivity index (χ3n) is 5.99. The maximum Gasteiger partial charge on any atom is 0.267 e. The van der Waals surface area contributed by atoms with Crippen LogP contribution in [0.25, 0.3) is 21.0 Å². The van der Waals surface area contributed by atoms with Crippen molar-refractivity contribution < 1.29 is 9.53 Å². The van der Waals surface area contributed by atoms with Gasteiger partial charge in [0.2, 0.25) is 0 Å². The molecule has 2 aromatic heterocycles. The number of rotatable bonds is 7. The van der Waals surface area contributed by atoms with Crippen LogP contribution in [-0.2, 0) is 0 Å². The molecule has 2 aromatic carbocycles. The molecule has 4 aromatic rings. The second kappa shape index (κ2) is 9.14. The van der Waals surface area contributed by atoms with Crippen molar-refractivity contribution in [3.8, 4) is 5.75 Å². The molecule has 1 aliphatic rings. The van der Waals surface area contributed by atoms with Gasteiger partial charge in [-0.25, -0.2) is 4.98 Å². The number of hydrogen-bond donors (Lipinski definition) is 1. The van der Waals surface area contributed by atoms with Crippen molar-refractivity contribution in [1.82, 2.24) is 9.88 Å². The van der Waals surface area contributed by atoms with E-state index in [-0.39, 0.29) is 5.69 Å². The monoisotopic (exact) mass is 446 g/mol. The lowest BCUT2D eigenvalue weighted by Crippen LogP contribution is -2.46. The quantitative estimate of drug-likeness (QED) is 0.432. The molecular weight excluding hydrogens is 420 g/mol. The molecule has 5 rings (SSSR count). The van der Waals surface area contributed by atoms with Crippen LogP contribution in [0.3, 0.4) is 0 Å². The molecule has 7 heteroatoms. The van der Waals surface area contributed by atoms with Crippen LogP contribution in [-0.4, -0.2) is 55.1 Å². The molecule has 164 valence electrons. The minimum absolute atomic E-state index is 0.232. The molecule has 0 bridgehead atoms. The number of fused-ring (bicyclic) bond motifs is 2. The van der Waals surface area contributed by atoms with E-state index in [4.69, 9.17) is 10.5 Å².